The summed E-state index contributed by atoms with van der Waals surface area (Å²) in [5, 5.41) is 9.12. The number of halogens is 2. The quantitative estimate of drug-likeness (QED) is 0.874. The van der Waals surface area contributed by atoms with Crippen molar-refractivity contribution in [2.75, 3.05) is 0 Å². The summed E-state index contributed by atoms with van der Waals surface area (Å²) in [4.78, 5) is 23.1. The molecule has 2 heterocycles. The second kappa shape index (κ2) is 3.81. The van der Waals surface area contributed by atoms with Crippen molar-refractivity contribution in [3.8, 4) is 0 Å². The van der Waals surface area contributed by atoms with E-state index in [-0.39, 0.29) is 22.0 Å². The first-order chi connectivity index (χ1) is 8.91. The summed E-state index contributed by atoms with van der Waals surface area (Å²) in [7, 11) is 0. The Hall–Kier alpha value is -1.88. The number of hydrogen-bond acceptors (Lipinski definition) is 2. The monoisotopic (exact) mass is 281 g/mol. The van der Waals surface area contributed by atoms with Gasteiger partial charge >= 0.3 is 5.97 Å². The fourth-order valence-electron chi connectivity index (χ4n) is 2.62. The predicted molar refractivity (Wildman–Crippen MR) is 68.6 cm³/mol. The van der Waals surface area contributed by atoms with E-state index in [1.807, 2.05) is 6.92 Å². The second-order valence-corrected chi connectivity index (χ2v) is 5.06. The lowest BCUT2D eigenvalue weighted by Crippen LogP contribution is -2.18. The van der Waals surface area contributed by atoms with Gasteiger partial charge in [0.2, 0.25) is 5.43 Å². The molecule has 98 valence electrons. The maximum absolute atomic E-state index is 13.7. The molecule has 0 amide bonds. The van der Waals surface area contributed by atoms with Crippen LogP contribution < -0.4 is 5.43 Å². The first kappa shape index (κ1) is 12.2. The Bertz CT molecular complexity index is 797. The molecule has 1 aliphatic heterocycles. The lowest BCUT2D eigenvalue weighted by molar-refractivity contribution is 0.0695. The molecule has 1 unspecified atom stereocenters. The van der Waals surface area contributed by atoms with E-state index in [1.54, 1.807) is 4.57 Å². The largest absolute Gasteiger partial charge is 0.477 e. The van der Waals surface area contributed by atoms with E-state index in [4.69, 9.17) is 16.7 Å². The molecule has 0 fully saturated rings. The van der Waals surface area contributed by atoms with Crippen molar-refractivity contribution in [1.29, 1.82) is 0 Å². The summed E-state index contributed by atoms with van der Waals surface area (Å²) >= 11 is 5.92. The second-order valence-electron chi connectivity index (χ2n) is 4.68. The molecular weight excluding hydrogens is 273 g/mol. The minimum atomic E-state index is -1.31. The van der Waals surface area contributed by atoms with Gasteiger partial charge in [0.25, 0.3) is 0 Å². The molecule has 3 rings (SSSR count). The molecule has 19 heavy (non-hydrogen) atoms. The van der Waals surface area contributed by atoms with Gasteiger partial charge in [-0.15, -0.1) is 0 Å². The summed E-state index contributed by atoms with van der Waals surface area (Å²) in [6, 6.07) is 0.959. The molecule has 0 saturated carbocycles. The molecule has 1 N–H and O–H groups in total. The van der Waals surface area contributed by atoms with Gasteiger partial charge in [0.15, 0.2) is 0 Å². The molecule has 6 heteroatoms. The standard InChI is InChI=1S/C13H9ClFNO3/c1-5-2-6-10(14)9(15)3-7-11(6)16(5)4-8(12(7)17)13(18)19/h3-5H,2H2,1H3,(H,18,19). The summed E-state index contributed by atoms with van der Waals surface area (Å²) in [6.07, 6.45) is 1.79. The van der Waals surface area contributed by atoms with Crippen LogP contribution in [0.1, 0.15) is 28.9 Å². The Kier molecular flexibility index (Phi) is 2.44. The van der Waals surface area contributed by atoms with Gasteiger partial charge < -0.3 is 9.67 Å². The average molecular weight is 282 g/mol. The Morgan fingerprint density at radius 1 is 1.58 bits per heavy atom. The molecule has 0 spiro atoms. The number of carboxylic acids is 1. The molecule has 0 aliphatic carbocycles. The number of rotatable bonds is 1. The van der Waals surface area contributed by atoms with Crippen molar-refractivity contribution >= 4 is 28.5 Å². The van der Waals surface area contributed by atoms with Crippen LogP contribution in [0.5, 0.6) is 0 Å². The molecule has 4 nitrogen and oxygen atoms in total. The Morgan fingerprint density at radius 2 is 2.26 bits per heavy atom. The molecule has 0 radical (unpaired) electrons. The summed E-state index contributed by atoms with van der Waals surface area (Å²) < 4.78 is 15.4. The van der Waals surface area contributed by atoms with Crippen LogP contribution in [0.3, 0.4) is 0 Å². The normalized spacial score (nSPS) is 17.1. The van der Waals surface area contributed by atoms with Crippen molar-refractivity contribution in [2.24, 2.45) is 0 Å². The molecule has 0 bridgehead atoms. The smallest absolute Gasteiger partial charge is 0.341 e. The van der Waals surface area contributed by atoms with Crippen molar-refractivity contribution in [2.45, 2.75) is 19.4 Å². The number of aromatic nitrogens is 1. The number of carboxylic acid groups (broad SMARTS) is 1. The molecule has 0 saturated heterocycles. The number of carbonyl (C=O) groups is 1. The van der Waals surface area contributed by atoms with Crippen LogP contribution in [0.25, 0.3) is 10.9 Å². The molecular formula is C13H9ClFNO3. The fraction of sp³-hybridized carbons (Fsp3) is 0.231. The molecule has 1 aliphatic rings. The Labute approximate surface area is 112 Å². The summed E-state index contributed by atoms with van der Waals surface area (Å²) in [5.41, 5.74) is 0.0747. The van der Waals surface area contributed by atoms with E-state index in [2.05, 4.69) is 0 Å². The van der Waals surface area contributed by atoms with E-state index in [9.17, 15) is 14.0 Å². The molecule has 1 atom stereocenters. The lowest BCUT2D eigenvalue weighted by Gasteiger charge is -2.11. The van der Waals surface area contributed by atoms with E-state index in [0.29, 0.717) is 17.5 Å². The summed E-state index contributed by atoms with van der Waals surface area (Å²) in [5.74, 6) is -2.00. The van der Waals surface area contributed by atoms with Crippen LogP contribution in [0.15, 0.2) is 17.1 Å². The third kappa shape index (κ3) is 1.51. The maximum Gasteiger partial charge on any atom is 0.341 e. The first-order valence-corrected chi connectivity index (χ1v) is 6.08. The van der Waals surface area contributed by atoms with Crippen molar-refractivity contribution in [3.63, 3.8) is 0 Å². The predicted octanol–water partition coefficient (Wildman–Crippen LogP) is 2.61. The fourth-order valence-corrected chi connectivity index (χ4v) is 2.85. The summed E-state index contributed by atoms with van der Waals surface area (Å²) in [6.45, 7) is 1.86. The maximum atomic E-state index is 13.7. The minimum Gasteiger partial charge on any atom is -0.477 e. The Morgan fingerprint density at radius 3 is 2.89 bits per heavy atom. The highest BCUT2D eigenvalue weighted by molar-refractivity contribution is 6.32. The first-order valence-electron chi connectivity index (χ1n) is 5.71. The van der Waals surface area contributed by atoms with E-state index in [0.717, 1.165) is 6.07 Å². The van der Waals surface area contributed by atoms with Crippen LogP contribution >= 0.6 is 11.6 Å². The lowest BCUT2D eigenvalue weighted by atomic mass is 10.1. The van der Waals surface area contributed by atoms with Gasteiger partial charge in [-0.25, -0.2) is 9.18 Å². The van der Waals surface area contributed by atoms with Crippen molar-refractivity contribution in [3.05, 3.63) is 44.5 Å². The highest BCUT2D eigenvalue weighted by Crippen LogP contribution is 2.37. The Balaban J connectivity index is 2.57. The van der Waals surface area contributed by atoms with Gasteiger partial charge in [-0.3, -0.25) is 4.79 Å². The highest BCUT2D eigenvalue weighted by Gasteiger charge is 2.27. The third-order valence-corrected chi connectivity index (χ3v) is 3.92. The topological polar surface area (TPSA) is 59.3 Å². The number of hydrogen-bond donors (Lipinski definition) is 1. The minimum absolute atomic E-state index is 0.00748. The number of pyridine rings is 1. The van der Waals surface area contributed by atoms with Gasteiger partial charge in [0.1, 0.15) is 11.4 Å². The van der Waals surface area contributed by atoms with Crippen LogP contribution in [-0.4, -0.2) is 15.6 Å². The zero-order valence-corrected chi connectivity index (χ0v) is 10.7. The number of aromatic carboxylic acids is 1. The molecule has 1 aromatic heterocycles. The van der Waals surface area contributed by atoms with Gasteiger partial charge in [0.05, 0.1) is 10.5 Å². The SMILES string of the molecule is CC1Cc2c(Cl)c(F)cc3c(=O)c(C(=O)O)cn1c23. The zero-order valence-electron chi connectivity index (χ0n) is 9.91. The van der Waals surface area contributed by atoms with Gasteiger partial charge in [-0.05, 0) is 19.4 Å². The number of nitrogens with zero attached hydrogens (tertiary/aromatic N) is 1. The number of benzene rings is 1. The van der Waals surface area contributed by atoms with Crippen molar-refractivity contribution in [1.82, 2.24) is 4.57 Å². The van der Waals surface area contributed by atoms with Crippen LogP contribution in [0, 0.1) is 5.82 Å². The van der Waals surface area contributed by atoms with E-state index >= 15 is 0 Å². The van der Waals surface area contributed by atoms with Crippen LogP contribution in [0.2, 0.25) is 5.02 Å². The van der Waals surface area contributed by atoms with Crippen LogP contribution in [0.4, 0.5) is 4.39 Å². The van der Waals surface area contributed by atoms with Gasteiger partial charge in [0, 0.05) is 23.2 Å². The van der Waals surface area contributed by atoms with E-state index < -0.39 is 17.2 Å². The van der Waals surface area contributed by atoms with Crippen molar-refractivity contribution < 1.29 is 14.3 Å². The highest BCUT2D eigenvalue weighted by atomic mass is 35.5. The van der Waals surface area contributed by atoms with Gasteiger partial charge in [-0.2, -0.15) is 0 Å². The molecule has 2 aromatic rings. The van der Waals surface area contributed by atoms with E-state index in [1.165, 1.54) is 6.20 Å². The van der Waals surface area contributed by atoms with Gasteiger partial charge in [-0.1, -0.05) is 11.6 Å². The molecule has 1 aromatic carbocycles. The average Bonchev–Trinajstić information content (AvgIpc) is 2.67. The third-order valence-electron chi connectivity index (χ3n) is 3.51. The van der Waals surface area contributed by atoms with Crippen LogP contribution in [-0.2, 0) is 6.42 Å². The zero-order chi connectivity index (χ0) is 13.9.